The van der Waals surface area contributed by atoms with Crippen LogP contribution in [0.5, 0.6) is 5.75 Å². The number of ether oxygens (including phenoxy) is 2. The average Bonchev–Trinajstić information content (AvgIpc) is 3.09. The quantitative estimate of drug-likeness (QED) is 0.930. The van der Waals surface area contributed by atoms with E-state index in [2.05, 4.69) is 9.97 Å². The number of amides is 1. The van der Waals surface area contributed by atoms with Gasteiger partial charge in [-0.2, -0.15) is 0 Å². The van der Waals surface area contributed by atoms with Gasteiger partial charge in [-0.3, -0.25) is 4.90 Å². The molecule has 1 amide bonds. The number of rotatable bonds is 4. The van der Waals surface area contributed by atoms with E-state index in [1.54, 1.807) is 25.5 Å². The van der Waals surface area contributed by atoms with Crippen LogP contribution in [-0.2, 0) is 11.3 Å². The smallest absolute Gasteiger partial charge is 0.413 e. The van der Waals surface area contributed by atoms with Crippen molar-refractivity contribution in [3.05, 3.63) is 36.2 Å². The lowest BCUT2D eigenvalue weighted by Crippen LogP contribution is -2.34. The number of carbonyl (C=O) groups is 1. The Kier molecular flexibility index (Phi) is 4.54. The molecule has 8 heteroatoms. The molecule has 24 heavy (non-hydrogen) atoms. The SMILES string of the molecule is CCN(C(=O)OC)c1cc(F)c2c(c1)N(Cc1c[nH]cn1)CCO2. The molecule has 3 rings (SSSR count). The second kappa shape index (κ2) is 6.77. The molecule has 1 aliphatic rings. The normalized spacial score (nSPS) is 13.2. The molecule has 2 heterocycles. The van der Waals surface area contributed by atoms with Gasteiger partial charge in [-0.15, -0.1) is 0 Å². The summed E-state index contributed by atoms with van der Waals surface area (Å²) in [6.45, 7) is 3.68. The molecule has 0 spiro atoms. The maximum Gasteiger partial charge on any atom is 0.413 e. The minimum Gasteiger partial charge on any atom is -0.486 e. The number of halogens is 1. The number of hydrogen-bond donors (Lipinski definition) is 1. The molecule has 0 radical (unpaired) electrons. The Labute approximate surface area is 139 Å². The third-order valence-corrected chi connectivity index (χ3v) is 3.89. The van der Waals surface area contributed by atoms with Crippen LogP contribution >= 0.6 is 0 Å². The molecular weight excluding hydrogens is 315 g/mol. The molecular formula is C16H19FN4O3. The Morgan fingerprint density at radius 2 is 2.38 bits per heavy atom. The van der Waals surface area contributed by atoms with Gasteiger partial charge >= 0.3 is 6.09 Å². The Bertz CT molecular complexity index is 720. The van der Waals surface area contributed by atoms with Crippen molar-refractivity contribution in [2.45, 2.75) is 13.5 Å². The minimum absolute atomic E-state index is 0.196. The molecule has 0 atom stereocenters. The van der Waals surface area contributed by atoms with Crippen molar-refractivity contribution in [2.24, 2.45) is 0 Å². The lowest BCUT2D eigenvalue weighted by molar-refractivity contribution is 0.179. The summed E-state index contributed by atoms with van der Waals surface area (Å²) in [4.78, 5) is 22.3. The topological polar surface area (TPSA) is 70.7 Å². The van der Waals surface area contributed by atoms with Gasteiger partial charge in [0.25, 0.3) is 0 Å². The van der Waals surface area contributed by atoms with E-state index in [-0.39, 0.29) is 5.75 Å². The molecule has 0 fully saturated rings. The van der Waals surface area contributed by atoms with E-state index in [1.807, 2.05) is 4.90 Å². The van der Waals surface area contributed by atoms with Crippen molar-refractivity contribution in [3.63, 3.8) is 0 Å². The van der Waals surface area contributed by atoms with Crippen LogP contribution in [0.25, 0.3) is 0 Å². The first-order chi connectivity index (χ1) is 11.6. The molecule has 0 unspecified atom stereocenters. The summed E-state index contributed by atoms with van der Waals surface area (Å²) in [5.41, 5.74) is 1.87. The fourth-order valence-electron chi connectivity index (χ4n) is 2.74. The molecule has 128 valence electrons. The first-order valence-corrected chi connectivity index (χ1v) is 7.68. The van der Waals surface area contributed by atoms with E-state index in [9.17, 15) is 9.18 Å². The van der Waals surface area contributed by atoms with Crippen molar-refractivity contribution in [2.75, 3.05) is 36.6 Å². The second-order valence-electron chi connectivity index (χ2n) is 5.32. The number of imidazole rings is 1. The zero-order chi connectivity index (χ0) is 17.1. The number of H-pyrrole nitrogens is 1. The highest BCUT2D eigenvalue weighted by Crippen LogP contribution is 2.38. The van der Waals surface area contributed by atoms with Crippen LogP contribution in [0.1, 0.15) is 12.6 Å². The summed E-state index contributed by atoms with van der Waals surface area (Å²) >= 11 is 0. The molecule has 0 saturated carbocycles. The highest BCUT2D eigenvalue weighted by Gasteiger charge is 2.25. The largest absolute Gasteiger partial charge is 0.486 e. The number of nitrogens with zero attached hydrogens (tertiary/aromatic N) is 3. The summed E-state index contributed by atoms with van der Waals surface area (Å²) in [5, 5.41) is 0. The van der Waals surface area contributed by atoms with Crippen LogP contribution in [0.15, 0.2) is 24.7 Å². The fraction of sp³-hybridized carbons (Fsp3) is 0.375. The summed E-state index contributed by atoms with van der Waals surface area (Å²) in [5.74, 6) is -0.307. The van der Waals surface area contributed by atoms with Crippen molar-refractivity contribution in [3.8, 4) is 5.75 Å². The number of aromatic nitrogens is 2. The first-order valence-electron chi connectivity index (χ1n) is 7.68. The number of nitrogens with one attached hydrogen (secondary N) is 1. The average molecular weight is 334 g/mol. The van der Waals surface area contributed by atoms with E-state index in [1.165, 1.54) is 18.1 Å². The Morgan fingerprint density at radius 3 is 3.04 bits per heavy atom. The molecule has 7 nitrogen and oxygen atoms in total. The zero-order valence-electron chi connectivity index (χ0n) is 13.6. The van der Waals surface area contributed by atoms with Crippen LogP contribution < -0.4 is 14.5 Å². The highest BCUT2D eigenvalue weighted by molar-refractivity contribution is 5.89. The van der Waals surface area contributed by atoms with Gasteiger partial charge in [0.2, 0.25) is 0 Å². The van der Waals surface area contributed by atoms with Gasteiger partial charge in [-0.05, 0) is 13.0 Å². The summed E-state index contributed by atoms with van der Waals surface area (Å²) < 4.78 is 24.7. The molecule has 1 aromatic heterocycles. The first kappa shape index (κ1) is 16.1. The van der Waals surface area contributed by atoms with Crippen LogP contribution in [-0.4, -0.2) is 42.9 Å². The van der Waals surface area contributed by atoms with E-state index in [0.29, 0.717) is 37.6 Å². The van der Waals surface area contributed by atoms with Gasteiger partial charge in [-0.25, -0.2) is 14.2 Å². The summed E-state index contributed by atoms with van der Waals surface area (Å²) in [6, 6.07) is 3.03. The highest BCUT2D eigenvalue weighted by atomic mass is 19.1. The number of hydrogen-bond acceptors (Lipinski definition) is 5. The zero-order valence-corrected chi connectivity index (χ0v) is 13.6. The van der Waals surface area contributed by atoms with Crippen LogP contribution in [0.2, 0.25) is 0 Å². The van der Waals surface area contributed by atoms with Crippen molar-refractivity contribution in [1.29, 1.82) is 0 Å². The third-order valence-electron chi connectivity index (χ3n) is 3.89. The maximum atomic E-state index is 14.5. The van der Waals surface area contributed by atoms with Crippen molar-refractivity contribution in [1.82, 2.24) is 9.97 Å². The van der Waals surface area contributed by atoms with Gasteiger partial charge in [0, 0.05) is 18.8 Å². The molecule has 1 N–H and O–H groups in total. The predicted octanol–water partition coefficient (Wildman–Crippen LogP) is 2.54. The number of methoxy groups -OCH3 is 1. The van der Waals surface area contributed by atoms with Crippen molar-refractivity contribution < 1.29 is 18.7 Å². The van der Waals surface area contributed by atoms with Crippen molar-refractivity contribution >= 4 is 17.5 Å². The molecule has 0 saturated heterocycles. The van der Waals surface area contributed by atoms with E-state index in [0.717, 1.165) is 5.69 Å². The summed E-state index contributed by atoms with van der Waals surface area (Å²) in [7, 11) is 1.30. The van der Waals surface area contributed by atoms with Gasteiger partial charge in [0.15, 0.2) is 11.6 Å². The molecule has 0 bridgehead atoms. The number of benzene rings is 1. The van der Waals surface area contributed by atoms with Crippen LogP contribution in [0.3, 0.4) is 0 Å². The van der Waals surface area contributed by atoms with E-state index in [4.69, 9.17) is 9.47 Å². The monoisotopic (exact) mass is 334 g/mol. The molecule has 0 aliphatic carbocycles. The number of carbonyl (C=O) groups excluding carboxylic acids is 1. The van der Waals surface area contributed by atoms with Crippen LogP contribution in [0.4, 0.5) is 20.6 Å². The number of anilines is 2. The lowest BCUT2D eigenvalue weighted by atomic mass is 10.2. The lowest BCUT2D eigenvalue weighted by Gasteiger charge is -2.32. The van der Waals surface area contributed by atoms with E-state index >= 15 is 0 Å². The number of aromatic amines is 1. The third kappa shape index (κ3) is 2.99. The molecule has 1 aliphatic heterocycles. The fourth-order valence-corrected chi connectivity index (χ4v) is 2.74. The predicted molar refractivity (Wildman–Crippen MR) is 87.0 cm³/mol. The van der Waals surface area contributed by atoms with Crippen LogP contribution in [0, 0.1) is 5.82 Å². The van der Waals surface area contributed by atoms with Gasteiger partial charge < -0.3 is 19.4 Å². The molecule has 2 aromatic rings. The van der Waals surface area contributed by atoms with Gasteiger partial charge in [-0.1, -0.05) is 0 Å². The van der Waals surface area contributed by atoms with Gasteiger partial charge in [0.1, 0.15) is 6.61 Å². The number of fused-ring (bicyclic) bond motifs is 1. The Morgan fingerprint density at radius 1 is 1.54 bits per heavy atom. The Balaban J connectivity index is 1.98. The minimum atomic E-state index is -0.535. The maximum absolute atomic E-state index is 14.5. The molecule has 1 aromatic carbocycles. The summed E-state index contributed by atoms with van der Waals surface area (Å²) in [6.07, 6.45) is 2.86. The van der Waals surface area contributed by atoms with Gasteiger partial charge in [0.05, 0.1) is 43.6 Å². The second-order valence-corrected chi connectivity index (χ2v) is 5.32. The Hall–Kier alpha value is -2.77. The standard InChI is InChI=1S/C16H19FN4O3/c1-3-21(16(22)23-2)12-6-13(17)15-14(7-12)20(4-5-24-15)9-11-8-18-10-19-11/h6-8,10H,3-5,9H2,1-2H3,(H,18,19). The van der Waals surface area contributed by atoms with E-state index < -0.39 is 11.9 Å².